The van der Waals surface area contributed by atoms with Gasteiger partial charge in [-0.3, -0.25) is 4.79 Å². The molecule has 2 rings (SSSR count). The van der Waals surface area contributed by atoms with Gasteiger partial charge in [0.05, 0.1) is 11.6 Å². The highest BCUT2D eigenvalue weighted by Gasteiger charge is 2.16. The van der Waals surface area contributed by atoms with Crippen LogP contribution in [0, 0.1) is 24.1 Å². The Labute approximate surface area is 139 Å². The molecule has 1 amide bonds. The van der Waals surface area contributed by atoms with Crippen molar-refractivity contribution >= 4 is 5.91 Å². The Balaban J connectivity index is 2.50. The van der Waals surface area contributed by atoms with Crippen molar-refractivity contribution in [1.29, 1.82) is 5.26 Å². The van der Waals surface area contributed by atoms with Crippen LogP contribution in [0.25, 0.3) is 0 Å². The van der Waals surface area contributed by atoms with Crippen LogP contribution in [0.2, 0.25) is 0 Å². The first-order chi connectivity index (χ1) is 11.5. The Morgan fingerprint density at radius 3 is 2.71 bits per heavy atom. The lowest BCUT2D eigenvalue weighted by molar-refractivity contribution is 0.0999. The molecule has 0 aliphatic rings. The maximum atomic E-state index is 13.9. The first-order valence-corrected chi connectivity index (χ1v) is 7.41. The van der Waals surface area contributed by atoms with Crippen LogP contribution in [0.3, 0.4) is 0 Å². The highest BCUT2D eigenvalue weighted by molar-refractivity contribution is 5.94. The maximum Gasteiger partial charge on any atom is 0.249 e. The molecular weight excluding hydrogens is 309 g/mol. The molecule has 0 fully saturated rings. The fraction of sp³-hybridized carbons (Fsp3) is 0.222. The normalized spacial score (nSPS) is 10.2. The number of carbonyl (C=O) groups is 1. The number of nitriles is 1. The van der Waals surface area contributed by atoms with E-state index in [0.717, 1.165) is 5.56 Å². The molecule has 5 nitrogen and oxygen atoms in total. The molecule has 4 N–H and O–H groups in total. The molecule has 0 spiro atoms. The van der Waals surface area contributed by atoms with E-state index in [1.165, 1.54) is 12.1 Å². The fourth-order valence-electron chi connectivity index (χ4n) is 2.45. The van der Waals surface area contributed by atoms with Gasteiger partial charge in [-0.2, -0.15) is 5.26 Å². The van der Waals surface area contributed by atoms with E-state index >= 15 is 0 Å². The van der Waals surface area contributed by atoms with Crippen molar-refractivity contribution in [3.05, 3.63) is 64.0 Å². The number of amides is 1. The molecule has 0 aliphatic heterocycles. The van der Waals surface area contributed by atoms with E-state index in [1.54, 1.807) is 25.1 Å². The smallest absolute Gasteiger partial charge is 0.249 e. The standard InChI is InChI=1S/C18H18FN3O2/c1-11-15(14(18(22)23)4-5-16(11)19)9-13-3-2-12(10-21)8-17(13)24-7-6-20/h2-5,8H,6-7,9,20H2,1H3,(H2,22,23). The van der Waals surface area contributed by atoms with Crippen LogP contribution in [0.1, 0.15) is 32.6 Å². The van der Waals surface area contributed by atoms with Gasteiger partial charge in [-0.1, -0.05) is 6.07 Å². The molecule has 6 heteroatoms. The predicted molar refractivity (Wildman–Crippen MR) is 88.2 cm³/mol. The molecule has 24 heavy (non-hydrogen) atoms. The summed E-state index contributed by atoms with van der Waals surface area (Å²) in [6.07, 6.45) is 0.257. The number of ether oxygens (including phenoxy) is 1. The van der Waals surface area contributed by atoms with E-state index in [-0.39, 0.29) is 18.6 Å². The summed E-state index contributed by atoms with van der Waals surface area (Å²) >= 11 is 0. The number of nitrogens with two attached hydrogens (primary N) is 2. The lowest BCUT2D eigenvalue weighted by Gasteiger charge is -2.15. The molecule has 124 valence electrons. The fourth-order valence-corrected chi connectivity index (χ4v) is 2.45. The highest BCUT2D eigenvalue weighted by atomic mass is 19.1. The molecular formula is C18H18FN3O2. The van der Waals surface area contributed by atoms with E-state index in [1.807, 2.05) is 6.07 Å². The van der Waals surface area contributed by atoms with Crippen molar-refractivity contribution in [2.45, 2.75) is 13.3 Å². The van der Waals surface area contributed by atoms with Crippen LogP contribution >= 0.6 is 0 Å². The first-order valence-electron chi connectivity index (χ1n) is 7.41. The SMILES string of the molecule is Cc1c(F)ccc(C(N)=O)c1Cc1ccc(C#N)cc1OCCN. The zero-order valence-electron chi connectivity index (χ0n) is 13.3. The second-order valence-electron chi connectivity index (χ2n) is 5.31. The third kappa shape index (κ3) is 3.70. The highest BCUT2D eigenvalue weighted by Crippen LogP contribution is 2.27. The monoisotopic (exact) mass is 327 g/mol. The second kappa shape index (κ2) is 7.57. The molecule has 2 aromatic carbocycles. The third-order valence-electron chi connectivity index (χ3n) is 3.74. The molecule has 0 atom stereocenters. The number of rotatable bonds is 6. The molecule has 0 aliphatic carbocycles. The zero-order valence-corrected chi connectivity index (χ0v) is 13.3. The average molecular weight is 327 g/mol. The third-order valence-corrected chi connectivity index (χ3v) is 3.74. The topological polar surface area (TPSA) is 102 Å². The van der Waals surface area contributed by atoms with Gasteiger partial charge in [0.1, 0.15) is 18.2 Å². The number of primary amides is 1. The molecule has 0 heterocycles. The molecule has 2 aromatic rings. The van der Waals surface area contributed by atoms with Crippen LogP contribution in [0.15, 0.2) is 30.3 Å². The minimum absolute atomic E-state index is 0.257. The number of hydrogen-bond donors (Lipinski definition) is 2. The molecule has 0 bridgehead atoms. The summed E-state index contributed by atoms with van der Waals surface area (Å²) in [5.41, 5.74) is 13.2. The lowest BCUT2D eigenvalue weighted by Crippen LogP contribution is -2.16. The molecule has 0 saturated carbocycles. The number of carbonyl (C=O) groups excluding carboxylic acids is 1. The van der Waals surface area contributed by atoms with Crippen LogP contribution in [-0.4, -0.2) is 19.1 Å². The predicted octanol–water partition coefficient (Wildman–Crippen LogP) is 2.03. The van der Waals surface area contributed by atoms with Crippen LogP contribution in [0.4, 0.5) is 4.39 Å². The van der Waals surface area contributed by atoms with Gasteiger partial charge in [0.15, 0.2) is 0 Å². The van der Waals surface area contributed by atoms with Gasteiger partial charge in [-0.05, 0) is 47.9 Å². The Kier molecular flexibility index (Phi) is 5.51. The quantitative estimate of drug-likeness (QED) is 0.847. The molecule has 0 unspecified atom stereocenters. The van der Waals surface area contributed by atoms with E-state index in [9.17, 15) is 9.18 Å². The summed E-state index contributed by atoms with van der Waals surface area (Å²) in [5.74, 6) is -0.544. The number of halogens is 1. The number of nitrogens with zero attached hydrogens (tertiary/aromatic N) is 1. The Bertz CT molecular complexity index is 813. The van der Waals surface area contributed by atoms with Crippen molar-refractivity contribution in [3.63, 3.8) is 0 Å². The lowest BCUT2D eigenvalue weighted by atomic mass is 9.93. The first kappa shape index (κ1) is 17.4. The van der Waals surface area contributed by atoms with Crippen LogP contribution < -0.4 is 16.2 Å². The molecule has 0 radical (unpaired) electrons. The summed E-state index contributed by atoms with van der Waals surface area (Å²) < 4.78 is 19.5. The van der Waals surface area contributed by atoms with Crippen LogP contribution in [-0.2, 0) is 6.42 Å². The maximum absolute atomic E-state index is 13.9. The van der Waals surface area contributed by atoms with Gasteiger partial charge in [-0.25, -0.2) is 4.39 Å². The van der Waals surface area contributed by atoms with Crippen molar-refractivity contribution in [2.24, 2.45) is 11.5 Å². The summed E-state index contributed by atoms with van der Waals surface area (Å²) in [6, 6.07) is 9.61. The summed E-state index contributed by atoms with van der Waals surface area (Å²) in [5, 5.41) is 9.02. The van der Waals surface area contributed by atoms with Crippen molar-refractivity contribution in [1.82, 2.24) is 0 Å². The average Bonchev–Trinajstić information content (AvgIpc) is 2.57. The van der Waals surface area contributed by atoms with Gasteiger partial charge in [-0.15, -0.1) is 0 Å². The van der Waals surface area contributed by atoms with Crippen molar-refractivity contribution in [2.75, 3.05) is 13.2 Å². The Morgan fingerprint density at radius 2 is 2.08 bits per heavy atom. The summed E-state index contributed by atoms with van der Waals surface area (Å²) in [4.78, 5) is 11.6. The summed E-state index contributed by atoms with van der Waals surface area (Å²) in [7, 11) is 0. The van der Waals surface area contributed by atoms with Crippen molar-refractivity contribution < 1.29 is 13.9 Å². The zero-order chi connectivity index (χ0) is 17.7. The van der Waals surface area contributed by atoms with E-state index in [4.69, 9.17) is 21.5 Å². The van der Waals surface area contributed by atoms with E-state index < -0.39 is 11.7 Å². The van der Waals surface area contributed by atoms with Gasteiger partial charge in [0.2, 0.25) is 5.91 Å². The van der Waals surface area contributed by atoms with Crippen molar-refractivity contribution in [3.8, 4) is 11.8 Å². The largest absolute Gasteiger partial charge is 0.492 e. The van der Waals surface area contributed by atoms with Gasteiger partial charge < -0.3 is 16.2 Å². The minimum Gasteiger partial charge on any atom is -0.492 e. The molecule has 0 aromatic heterocycles. The number of benzene rings is 2. The summed E-state index contributed by atoms with van der Waals surface area (Å²) in [6.45, 7) is 2.20. The number of hydrogen-bond acceptors (Lipinski definition) is 4. The van der Waals surface area contributed by atoms with Gasteiger partial charge >= 0.3 is 0 Å². The minimum atomic E-state index is -0.619. The van der Waals surface area contributed by atoms with Gasteiger partial charge in [0, 0.05) is 18.5 Å². The van der Waals surface area contributed by atoms with E-state index in [2.05, 4.69) is 0 Å². The Hall–Kier alpha value is -2.91. The van der Waals surface area contributed by atoms with Gasteiger partial charge in [0.25, 0.3) is 0 Å². The van der Waals surface area contributed by atoms with E-state index in [0.29, 0.717) is 29.0 Å². The molecule has 0 saturated heterocycles. The Morgan fingerprint density at radius 1 is 1.33 bits per heavy atom. The van der Waals surface area contributed by atoms with Crippen LogP contribution in [0.5, 0.6) is 5.75 Å². The second-order valence-corrected chi connectivity index (χ2v) is 5.31.